The Morgan fingerprint density at radius 1 is 1.36 bits per heavy atom. The summed E-state index contributed by atoms with van der Waals surface area (Å²) in [5.74, 6) is -1.73. The van der Waals surface area contributed by atoms with Crippen molar-refractivity contribution in [3.8, 4) is 0 Å². The number of hydrogen-bond acceptors (Lipinski definition) is 5. The van der Waals surface area contributed by atoms with Crippen LogP contribution in [0.4, 0.5) is 8.78 Å². The van der Waals surface area contributed by atoms with Gasteiger partial charge in [-0.25, -0.2) is 13.6 Å². The molecule has 2 unspecified atom stereocenters. The van der Waals surface area contributed by atoms with Gasteiger partial charge in [0.15, 0.2) is 0 Å². The van der Waals surface area contributed by atoms with Crippen molar-refractivity contribution in [1.29, 1.82) is 0 Å². The van der Waals surface area contributed by atoms with E-state index in [-0.39, 0.29) is 29.9 Å². The monoisotopic (exact) mass is 353 g/mol. The smallest absolute Gasteiger partial charge is 0.346 e. The Labute approximate surface area is 144 Å². The topological polar surface area (TPSA) is 62.3 Å². The predicted molar refractivity (Wildman–Crippen MR) is 84.1 cm³/mol. The van der Waals surface area contributed by atoms with E-state index in [9.17, 15) is 18.7 Å². The van der Waals surface area contributed by atoms with E-state index in [1.807, 2.05) is 7.05 Å². The number of piperidine rings is 1. The lowest BCUT2D eigenvalue weighted by Crippen LogP contribution is -2.50. The second-order valence-electron chi connectivity index (χ2n) is 7.26. The number of nitrogens with zero attached hydrogens (tertiary/aromatic N) is 1. The van der Waals surface area contributed by atoms with Crippen molar-refractivity contribution in [2.24, 2.45) is 0 Å². The molecule has 1 aromatic rings. The maximum atomic E-state index is 15.0. The van der Waals surface area contributed by atoms with E-state index in [2.05, 4.69) is 4.90 Å². The van der Waals surface area contributed by atoms with Gasteiger partial charge in [0.25, 0.3) is 0 Å². The third-order valence-electron chi connectivity index (χ3n) is 5.69. The molecule has 1 N–H and O–H groups in total. The number of fused-ring (bicyclic) bond motifs is 5. The molecule has 3 aliphatic rings. The van der Waals surface area contributed by atoms with Crippen LogP contribution < -0.4 is 0 Å². The van der Waals surface area contributed by atoms with Crippen molar-refractivity contribution < 1.29 is 28.2 Å². The normalized spacial score (nSPS) is 35.8. The van der Waals surface area contributed by atoms with Crippen molar-refractivity contribution in [1.82, 2.24) is 4.90 Å². The molecule has 3 heterocycles. The number of ether oxygens (including phenoxy) is 2. The van der Waals surface area contributed by atoms with Gasteiger partial charge in [0, 0.05) is 31.3 Å². The molecule has 6 atom stereocenters. The summed E-state index contributed by atoms with van der Waals surface area (Å²) in [6, 6.07) is 5.99. The van der Waals surface area contributed by atoms with E-state index in [4.69, 9.17) is 9.47 Å². The van der Waals surface area contributed by atoms with Gasteiger partial charge in [-0.2, -0.15) is 0 Å². The Bertz CT molecular complexity index is 669. The van der Waals surface area contributed by atoms with Gasteiger partial charge in [0.05, 0.1) is 6.61 Å². The summed E-state index contributed by atoms with van der Waals surface area (Å²) >= 11 is 0. The number of halogens is 2. The highest BCUT2D eigenvalue weighted by Crippen LogP contribution is 2.48. The molecule has 1 aromatic carbocycles. The number of carbonyl (C=O) groups is 1. The zero-order chi connectivity index (χ0) is 17.8. The van der Waals surface area contributed by atoms with Crippen LogP contribution >= 0.6 is 0 Å². The Morgan fingerprint density at radius 3 is 2.60 bits per heavy atom. The van der Waals surface area contributed by atoms with E-state index >= 15 is 0 Å². The van der Waals surface area contributed by atoms with E-state index in [1.165, 1.54) is 18.2 Å². The quantitative estimate of drug-likeness (QED) is 0.637. The van der Waals surface area contributed by atoms with Crippen LogP contribution in [0.2, 0.25) is 0 Å². The summed E-state index contributed by atoms with van der Waals surface area (Å²) < 4.78 is 39.7. The first-order valence-corrected chi connectivity index (χ1v) is 8.54. The van der Waals surface area contributed by atoms with Gasteiger partial charge < -0.3 is 14.6 Å². The molecule has 2 bridgehead atoms. The minimum Gasteiger partial charge on any atom is -0.460 e. The van der Waals surface area contributed by atoms with Gasteiger partial charge in [0.1, 0.15) is 24.1 Å². The second kappa shape index (κ2) is 6.00. The molecule has 4 rings (SSSR count). The van der Waals surface area contributed by atoms with Crippen molar-refractivity contribution in [2.45, 2.75) is 55.3 Å². The maximum absolute atomic E-state index is 15.0. The second-order valence-corrected chi connectivity index (χ2v) is 7.26. The van der Waals surface area contributed by atoms with Crippen molar-refractivity contribution in [3.63, 3.8) is 0 Å². The summed E-state index contributed by atoms with van der Waals surface area (Å²) in [5, 5.41) is 9.42. The summed E-state index contributed by atoms with van der Waals surface area (Å²) in [6.45, 7) is -1.05. The Kier molecular flexibility index (Phi) is 4.05. The Hall–Kier alpha value is -1.57. The lowest BCUT2D eigenvalue weighted by molar-refractivity contribution is -0.170. The number of benzene rings is 1. The fourth-order valence-corrected chi connectivity index (χ4v) is 4.19. The summed E-state index contributed by atoms with van der Waals surface area (Å²) in [5.41, 5.74) is -2.61. The lowest BCUT2D eigenvalue weighted by atomic mass is 9.95. The molecule has 136 valence electrons. The number of esters is 1. The van der Waals surface area contributed by atoms with Gasteiger partial charge >= 0.3 is 5.97 Å². The molecule has 5 nitrogen and oxygen atoms in total. The zero-order valence-electron chi connectivity index (χ0n) is 13.9. The first kappa shape index (κ1) is 16.9. The van der Waals surface area contributed by atoms with Gasteiger partial charge in [-0.05, 0) is 18.7 Å². The fourth-order valence-electron chi connectivity index (χ4n) is 4.19. The van der Waals surface area contributed by atoms with Crippen LogP contribution in [0, 0.1) is 5.82 Å². The third kappa shape index (κ3) is 2.84. The van der Waals surface area contributed by atoms with E-state index in [0.717, 1.165) is 0 Å². The number of alkyl halides is 1. The van der Waals surface area contributed by atoms with Gasteiger partial charge in [-0.3, -0.25) is 4.90 Å². The number of carbonyl (C=O) groups excluding carboxylic acids is 1. The molecule has 0 spiro atoms. The molecule has 25 heavy (non-hydrogen) atoms. The highest BCUT2D eigenvalue weighted by atomic mass is 19.1. The minimum atomic E-state index is -2.65. The van der Waals surface area contributed by atoms with Crippen LogP contribution in [0.5, 0.6) is 0 Å². The maximum Gasteiger partial charge on any atom is 0.346 e. The van der Waals surface area contributed by atoms with Gasteiger partial charge in [-0.1, -0.05) is 18.2 Å². The molecule has 7 heteroatoms. The van der Waals surface area contributed by atoms with Crippen LogP contribution in [-0.2, 0) is 20.7 Å². The van der Waals surface area contributed by atoms with Crippen LogP contribution in [-0.4, -0.2) is 65.7 Å². The van der Waals surface area contributed by atoms with E-state index in [0.29, 0.717) is 12.8 Å². The molecule has 3 aliphatic heterocycles. The van der Waals surface area contributed by atoms with E-state index in [1.54, 1.807) is 6.07 Å². The van der Waals surface area contributed by atoms with Crippen molar-refractivity contribution in [2.75, 3.05) is 13.7 Å². The van der Waals surface area contributed by atoms with Crippen molar-refractivity contribution in [3.05, 3.63) is 35.6 Å². The number of aliphatic hydroxyl groups excluding tert-OH is 1. The highest BCUT2D eigenvalue weighted by molar-refractivity contribution is 5.80. The largest absolute Gasteiger partial charge is 0.460 e. The minimum absolute atomic E-state index is 0.0362. The lowest BCUT2D eigenvalue weighted by Gasteiger charge is -2.38. The summed E-state index contributed by atoms with van der Waals surface area (Å²) in [7, 11) is 2.02. The highest BCUT2D eigenvalue weighted by Gasteiger charge is 2.63. The Balaban J connectivity index is 1.43. The third-order valence-corrected chi connectivity index (χ3v) is 5.69. The van der Waals surface area contributed by atoms with Gasteiger partial charge in [0.2, 0.25) is 5.67 Å². The molecule has 0 aliphatic carbocycles. The molecule has 0 radical (unpaired) electrons. The predicted octanol–water partition coefficient (Wildman–Crippen LogP) is 1.22. The SMILES string of the molecule is CN1[C@@H]2CC(OC(=O)C(F)(CO)Cc3ccccc3F)C[C@H]1[C@@H]1O[C@@H]12. The average Bonchev–Trinajstić information content (AvgIpc) is 3.35. The van der Waals surface area contributed by atoms with E-state index < -0.39 is 36.6 Å². The molecule has 3 saturated heterocycles. The fraction of sp³-hybridized carbons (Fsp3) is 0.611. The molecule has 0 saturated carbocycles. The molecular weight excluding hydrogens is 332 g/mol. The molecular formula is C18H21F2NO4. The molecule has 0 aromatic heterocycles. The number of hydrogen-bond donors (Lipinski definition) is 1. The number of likely N-dealkylation sites (N-methyl/N-ethyl adjacent to an activating group) is 1. The first-order valence-electron chi connectivity index (χ1n) is 8.54. The number of morpholine rings is 1. The molecule has 3 fully saturated rings. The van der Waals surface area contributed by atoms with Crippen LogP contribution in [0.15, 0.2) is 24.3 Å². The standard InChI is InChI=1S/C18H21F2NO4/c1-21-13-6-11(7-14(21)16-15(13)25-16)24-17(23)18(20,9-22)8-10-4-2-3-5-12(10)19/h2-5,11,13-16,22H,6-9H2,1H3/t11?,13-,14+,15-,16+,18?. The number of rotatable bonds is 5. The van der Waals surface area contributed by atoms with Crippen LogP contribution in [0.3, 0.4) is 0 Å². The number of aliphatic hydroxyl groups is 1. The first-order chi connectivity index (χ1) is 11.9. The van der Waals surface area contributed by atoms with Crippen LogP contribution in [0.25, 0.3) is 0 Å². The Morgan fingerprint density at radius 2 is 2.00 bits per heavy atom. The summed E-state index contributed by atoms with van der Waals surface area (Å²) in [4.78, 5) is 14.6. The number of epoxide rings is 1. The van der Waals surface area contributed by atoms with Crippen molar-refractivity contribution >= 4 is 5.97 Å². The molecule has 0 amide bonds. The van der Waals surface area contributed by atoms with Crippen LogP contribution in [0.1, 0.15) is 18.4 Å². The van der Waals surface area contributed by atoms with Gasteiger partial charge in [-0.15, -0.1) is 0 Å². The summed E-state index contributed by atoms with van der Waals surface area (Å²) in [6.07, 6.45) is 0.581. The average molecular weight is 353 g/mol. The zero-order valence-corrected chi connectivity index (χ0v) is 13.9.